The quantitative estimate of drug-likeness (QED) is 0.776. The highest BCUT2D eigenvalue weighted by molar-refractivity contribution is 7.12. The Morgan fingerprint density at radius 2 is 2.04 bits per heavy atom. The molecule has 1 aliphatic rings. The van der Waals surface area contributed by atoms with Crippen LogP contribution < -0.4 is 5.32 Å². The van der Waals surface area contributed by atoms with Crippen LogP contribution in [-0.4, -0.2) is 29.3 Å². The van der Waals surface area contributed by atoms with Crippen LogP contribution in [0.2, 0.25) is 10.0 Å². The average molecular weight is 411 g/mol. The molecule has 1 aromatic heterocycles. The number of nitrogens with zero attached hydrogens (tertiary/aromatic N) is 1. The van der Waals surface area contributed by atoms with Crippen LogP contribution in [0.4, 0.5) is 0 Å². The summed E-state index contributed by atoms with van der Waals surface area (Å²) in [5, 5.41) is 5.82. The second kappa shape index (κ2) is 8.42. The van der Waals surface area contributed by atoms with Crippen LogP contribution >= 0.6 is 34.5 Å². The van der Waals surface area contributed by atoms with E-state index >= 15 is 0 Å². The Balaban J connectivity index is 1.72. The fraction of sp³-hybridized carbons (Fsp3) is 0.368. The van der Waals surface area contributed by atoms with E-state index in [9.17, 15) is 9.59 Å². The van der Waals surface area contributed by atoms with Crippen molar-refractivity contribution in [3.05, 3.63) is 56.2 Å². The maximum absolute atomic E-state index is 12.9. The summed E-state index contributed by atoms with van der Waals surface area (Å²) in [6.07, 6.45) is 2.54. The Morgan fingerprint density at radius 1 is 1.23 bits per heavy atom. The first-order chi connectivity index (χ1) is 12.5. The Morgan fingerprint density at radius 3 is 2.73 bits per heavy atom. The predicted octanol–water partition coefficient (Wildman–Crippen LogP) is 4.93. The summed E-state index contributed by atoms with van der Waals surface area (Å²) in [6, 6.07) is 8.30. The van der Waals surface area contributed by atoms with Crippen molar-refractivity contribution in [2.24, 2.45) is 0 Å². The maximum Gasteiger partial charge on any atom is 0.264 e. The van der Waals surface area contributed by atoms with Crippen molar-refractivity contribution in [2.45, 2.75) is 38.3 Å². The maximum atomic E-state index is 12.9. The van der Waals surface area contributed by atoms with Gasteiger partial charge in [0.2, 0.25) is 5.91 Å². The molecule has 1 saturated heterocycles. The van der Waals surface area contributed by atoms with E-state index in [-0.39, 0.29) is 17.9 Å². The van der Waals surface area contributed by atoms with Crippen molar-refractivity contribution in [2.75, 3.05) is 6.54 Å². The molecule has 7 heteroatoms. The fourth-order valence-corrected chi connectivity index (χ4v) is 4.15. The first-order valence-electron chi connectivity index (χ1n) is 8.57. The van der Waals surface area contributed by atoms with Crippen LogP contribution in [0.25, 0.3) is 0 Å². The topological polar surface area (TPSA) is 49.4 Å². The summed E-state index contributed by atoms with van der Waals surface area (Å²) in [5.74, 6) is -0.199. The summed E-state index contributed by atoms with van der Waals surface area (Å²) < 4.78 is 0. The SMILES string of the molecule is C[C@H](NC(=O)[C@@H]1CCCCN1C(=O)c1cccs1)c1ccc(Cl)c(Cl)c1. The fourth-order valence-electron chi connectivity index (χ4n) is 3.16. The van der Waals surface area contributed by atoms with Crippen LogP contribution in [0, 0.1) is 0 Å². The van der Waals surface area contributed by atoms with Gasteiger partial charge in [0.25, 0.3) is 5.91 Å². The minimum Gasteiger partial charge on any atom is -0.348 e. The molecule has 1 fully saturated rings. The highest BCUT2D eigenvalue weighted by Gasteiger charge is 2.33. The highest BCUT2D eigenvalue weighted by Crippen LogP contribution is 2.26. The molecule has 4 nitrogen and oxygen atoms in total. The molecule has 0 radical (unpaired) electrons. The van der Waals surface area contributed by atoms with Crippen LogP contribution in [0.3, 0.4) is 0 Å². The number of thiophene rings is 1. The van der Waals surface area contributed by atoms with Gasteiger partial charge in [0.1, 0.15) is 6.04 Å². The van der Waals surface area contributed by atoms with Crippen LogP contribution in [0.1, 0.15) is 47.5 Å². The first kappa shape index (κ1) is 19.2. The smallest absolute Gasteiger partial charge is 0.264 e. The van der Waals surface area contributed by atoms with Crippen molar-refractivity contribution in [3.8, 4) is 0 Å². The monoisotopic (exact) mass is 410 g/mol. The second-order valence-corrected chi connectivity index (χ2v) is 8.15. The Bertz CT molecular complexity index is 795. The number of carbonyl (C=O) groups is 2. The molecule has 2 heterocycles. The van der Waals surface area contributed by atoms with Gasteiger partial charge in [-0.1, -0.05) is 35.3 Å². The zero-order valence-corrected chi connectivity index (χ0v) is 16.7. The van der Waals surface area contributed by atoms with Crippen molar-refractivity contribution in [1.82, 2.24) is 10.2 Å². The third kappa shape index (κ3) is 4.22. The molecule has 0 unspecified atom stereocenters. The predicted molar refractivity (Wildman–Crippen MR) is 106 cm³/mol. The van der Waals surface area contributed by atoms with Gasteiger partial charge in [-0.05, 0) is 55.3 Å². The van der Waals surface area contributed by atoms with Gasteiger partial charge in [-0.3, -0.25) is 9.59 Å². The van der Waals surface area contributed by atoms with Gasteiger partial charge >= 0.3 is 0 Å². The van der Waals surface area contributed by atoms with Crippen molar-refractivity contribution < 1.29 is 9.59 Å². The molecule has 26 heavy (non-hydrogen) atoms. The van der Waals surface area contributed by atoms with Gasteiger partial charge in [0.15, 0.2) is 0 Å². The Labute approximate surface area is 167 Å². The van der Waals surface area contributed by atoms with Crippen molar-refractivity contribution >= 4 is 46.4 Å². The number of nitrogens with one attached hydrogen (secondary N) is 1. The van der Waals surface area contributed by atoms with Crippen LogP contribution in [0.5, 0.6) is 0 Å². The molecular weight excluding hydrogens is 391 g/mol. The van der Waals surface area contributed by atoms with Gasteiger partial charge in [-0.2, -0.15) is 0 Å². The largest absolute Gasteiger partial charge is 0.348 e. The lowest BCUT2D eigenvalue weighted by Gasteiger charge is -2.35. The first-order valence-corrected chi connectivity index (χ1v) is 10.2. The molecular formula is C19H20Cl2N2O2S. The van der Waals surface area contributed by atoms with Gasteiger partial charge in [-0.15, -0.1) is 11.3 Å². The molecule has 1 N–H and O–H groups in total. The van der Waals surface area contributed by atoms with Gasteiger partial charge in [0.05, 0.1) is 21.0 Å². The minimum atomic E-state index is -0.441. The molecule has 3 rings (SSSR count). The molecule has 1 aromatic carbocycles. The van der Waals surface area contributed by atoms with E-state index in [1.165, 1.54) is 11.3 Å². The van der Waals surface area contributed by atoms with Crippen molar-refractivity contribution in [3.63, 3.8) is 0 Å². The summed E-state index contributed by atoms with van der Waals surface area (Å²) >= 11 is 13.4. The number of benzene rings is 1. The summed E-state index contributed by atoms with van der Waals surface area (Å²) in [6.45, 7) is 2.50. The number of amides is 2. The Hall–Kier alpha value is -1.56. The molecule has 138 valence electrons. The number of hydrogen-bond acceptors (Lipinski definition) is 3. The average Bonchev–Trinajstić information content (AvgIpc) is 3.18. The number of hydrogen-bond donors (Lipinski definition) is 1. The molecule has 2 amide bonds. The lowest BCUT2D eigenvalue weighted by Crippen LogP contribution is -2.52. The summed E-state index contributed by atoms with van der Waals surface area (Å²) in [5.41, 5.74) is 0.875. The van der Waals surface area contributed by atoms with Gasteiger partial charge in [0, 0.05) is 6.54 Å². The molecule has 0 aliphatic carbocycles. The highest BCUT2D eigenvalue weighted by atomic mass is 35.5. The van der Waals surface area contributed by atoms with E-state index in [0.29, 0.717) is 27.9 Å². The zero-order chi connectivity index (χ0) is 18.7. The van der Waals surface area contributed by atoms with Crippen LogP contribution in [0.15, 0.2) is 35.7 Å². The lowest BCUT2D eigenvalue weighted by atomic mass is 10.00. The lowest BCUT2D eigenvalue weighted by molar-refractivity contribution is -0.127. The molecule has 0 saturated carbocycles. The van der Waals surface area contributed by atoms with E-state index in [2.05, 4.69) is 5.32 Å². The van der Waals surface area contributed by atoms with E-state index < -0.39 is 6.04 Å². The molecule has 0 bridgehead atoms. The number of likely N-dealkylation sites (tertiary alicyclic amines) is 1. The van der Waals surface area contributed by atoms with Gasteiger partial charge < -0.3 is 10.2 Å². The van der Waals surface area contributed by atoms with Crippen LogP contribution in [-0.2, 0) is 4.79 Å². The number of halogens is 2. The van der Waals surface area contributed by atoms with E-state index in [0.717, 1.165) is 18.4 Å². The normalized spacial score (nSPS) is 18.4. The number of carbonyl (C=O) groups excluding carboxylic acids is 2. The molecule has 1 aliphatic heterocycles. The minimum absolute atomic E-state index is 0.0676. The van der Waals surface area contributed by atoms with E-state index in [1.807, 2.05) is 24.4 Å². The molecule has 0 spiro atoms. The van der Waals surface area contributed by atoms with E-state index in [4.69, 9.17) is 23.2 Å². The Kier molecular flexibility index (Phi) is 6.22. The van der Waals surface area contributed by atoms with Crippen molar-refractivity contribution in [1.29, 1.82) is 0 Å². The molecule has 2 aromatic rings. The zero-order valence-electron chi connectivity index (χ0n) is 14.4. The summed E-state index contributed by atoms with van der Waals surface area (Å²) in [7, 11) is 0. The van der Waals surface area contributed by atoms with Gasteiger partial charge in [-0.25, -0.2) is 0 Å². The number of rotatable bonds is 4. The second-order valence-electron chi connectivity index (χ2n) is 6.39. The number of piperidine rings is 1. The molecule has 2 atom stereocenters. The third-order valence-corrected chi connectivity index (χ3v) is 6.20. The summed E-state index contributed by atoms with van der Waals surface area (Å²) in [4.78, 5) is 28.0. The standard InChI is InChI=1S/C19H20Cl2N2O2S/c1-12(13-7-8-14(20)15(21)11-13)22-18(24)16-5-2-3-9-23(16)19(25)17-6-4-10-26-17/h4,6-8,10-12,16H,2-3,5,9H2,1H3,(H,22,24)/t12-,16-/m0/s1. The van der Waals surface area contributed by atoms with E-state index in [1.54, 1.807) is 23.1 Å². The third-order valence-electron chi connectivity index (χ3n) is 4.60.